The number of likely N-dealkylation sites (tertiary alicyclic amines) is 1. The van der Waals surface area contributed by atoms with Gasteiger partial charge in [0, 0.05) is 32.0 Å². The summed E-state index contributed by atoms with van der Waals surface area (Å²) in [5.41, 5.74) is 2.67. The van der Waals surface area contributed by atoms with Crippen molar-refractivity contribution in [2.45, 2.75) is 64.3 Å². The van der Waals surface area contributed by atoms with E-state index in [-0.39, 0.29) is 11.8 Å². The second-order valence-electron chi connectivity index (χ2n) is 8.63. The summed E-state index contributed by atoms with van der Waals surface area (Å²) in [6, 6.07) is 10.0. The predicted octanol–water partition coefficient (Wildman–Crippen LogP) is 3.77. The SMILES string of the molecule is CCc1c(C(=O)N2CCCC(c3nnc4n3CCCCC4)C2)cnn1-c1ccccc1. The third kappa shape index (κ3) is 3.77. The van der Waals surface area contributed by atoms with Crippen molar-refractivity contribution in [1.29, 1.82) is 0 Å². The van der Waals surface area contributed by atoms with Crippen molar-refractivity contribution < 1.29 is 4.79 Å². The number of nitrogens with zero attached hydrogens (tertiary/aromatic N) is 6. The number of piperidine rings is 1. The summed E-state index contributed by atoms with van der Waals surface area (Å²) in [4.78, 5) is 15.5. The lowest BCUT2D eigenvalue weighted by atomic mass is 9.96. The van der Waals surface area contributed by atoms with Gasteiger partial charge in [0.05, 0.1) is 23.1 Å². The molecule has 162 valence electrons. The monoisotopic (exact) mass is 418 g/mol. The summed E-state index contributed by atoms with van der Waals surface area (Å²) in [5.74, 6) is 2.53. The number of para-hydroxylation sites is 1. The fraction of sp³-hybridized carbons (Fsp3) is 0.500. The Kier molecular flexibility index (Phi) is 5.57. The van der Waals surface area contributed by atoms with E-state index < -0.39 is 0 Å². The average molecular weight is 419 g/mol. The van der Waals surface area contributed by atoms with Gasteiger partial charge in [-0.2, -0.15) is 5.10 Å². The fourth-order valence-corrected chi connectivity index (χ4v) is 5.04. The molecule has 1 amide bonds. The van der Waals surface area contributed by atoms with Crippen LogP contribution in [-0.2, 0) is 19.4 Å². The molecule has 7 nitrogen and oxygen atoms in total. The van der Waals surface area contributed by atoms with Gasteiger partial charge in [0.15, 0.2) is 0 Å². The maximum atomic E-state index is 13.5. The van der Waals surface area contributed by atoms with E-state index in [1.807, 2.05) is 39.9 Å². The van der Waals surface area contributed by atoms with Crippen LogP contribution in [0.4, 0.5) is 0 Å². The first kappa shape index (κ1) is 20.0. The number of amides is 1. The van der Waals surface area contributed by atoms with Crippen LogP contribution >= 0.6 is 0 Å². The summed E-state index contributed by atoms with van der Waals surface area (Å²) >= 11 is 0. The van der Waals surface area contributed by atoms with Crippen molar-refractivity contribution in [2.24, 2.45) is 0 Å². The number of benzene rings is 1. The van der Waals surface area contributed by atoms with Crippen LogP contribution in [0.1, 0.15) is 72.6 Å². The molecule has 31 heavy (non-hydrogen) atoms. The molecule has 0 radical (unpaired) electrons. The lowest BCUT2D eigenvalue weighted by molar-refractivity contribution is 0.0702. The largest absolute Gasteiger partial charge is 0.338 e. The number of rotatable bonds is 4. The molecule has 5 rings (SSSR count). The maximum absolute atomic E-state index is 13.5. The Bertz CT molecular complexity index is 1050. The van der Waals surface area contributed by atoms with Crippen molar-refractivity contribution >= 4 is 5.91 Å². The summed E-state index contributed by atoms with van der Waals surface area (Å²) in [5, 5.41) is 13.6. The van der Waals surface area contributed by atoms with Gasteiger partial charge in [0.25, 0.3) is 5.91 Å². The summed E-state index contributed by atoms with van der Waals surface area (Å²) in [6.45, 7) is 4.58. The standard InChI is InChI=1S/C24H30N6O/c1-2-21-20(16-25-30(21)19-11-5-3-6-12-19)24(31)28-14-9-10-18(17-28)23-27-26-22-13-7-4-8-15-29(22)23/h3,5-6,11-12,16,18H,2,4,7-10,13-15,17H2,1H3. The van der Waals surface area contributed by atoms with Gasteiger partial charge in [0.1, 0.15) is 11.6 Å². The van der Waals surface area contributed by atoms with Crippen LogP contribution in [-0.4, -0.2) is 48.4 Å². The second kappa shape index (κ2) is 8.65. The molecule has 4 heterocycles. The third-order valence-electron chi connectivity index (χ3n) is 6.65. The van der Waals surface area contributed by atoms with E-state index >= 15 is 0 Å². The molecule has 0 aliphatic carbocycles. The number of aromatic nitrogens is 5. The molecule has 0 saturated carbocycles. The van der Waals surface area contributed by atoms with Gasteiger partial charge >= 0.3 is 0 Å². The van der Waals surface area contributed by atoms with Crippen LogP contribution in [0.2, 0.25) is 0 Å². The molecule has 2 aromatic heterocycles. The Morgan fingerprint density at radius 1 is 1.06 bits per heavy atom. The van der Waals surface area contributed by atoms with Crippen molar-refractivity contribution in [3.8, 4) is 5.69 Å². The van der Waals surface area contributed by atoms with Crippen molar-refractivity contribution in [3.05, 3.63) is 59.4 Å². The van der Waals surface area contributed by atoms with Gasteiger partial charge in [-0.3, -0.25) is 4.79 Å². The highest BCUT2D eigenvalue weighted by Crippen LogP contribution is 2.29. The quantitative estimate of drug-likeness (QED) is 0.647. The van der Waals surface area contributed by atoms with E-state index in [1.165, 1.54) is 19.3 Å². The average Bonchev–Trinajstić information content (AvgIpc) is 3.36. The maximum Gasteiger partial charge on any atom is 0.257 e. The van der Waals surface area contributed by atoms with Crippen LogP contribution in [0.3, 0.4) is 0 Å². The lowest BCUT2D eigenvalue weighted by Gasteiger charge is -2.32. The zero-order valence-corrected chi connectivity index (χ0v) is 18.2. The molecule has 0 bridgehead atoms. The number of carbonyl (C=O) groups excluding carboxylic acids is 1. The van der Waals surface area contributed by atoms with Crippen LogP contribution in [0.25, 0.3) is 5.69 Å². The summed E-state index contributed by atoms with van der Waals surface area (Å²) in [6.07, 6.45) is 9.19. The van der Waals surface area contributed by atoms with E-state index in [0.717, 1.165) is 61.8 Å². The Morgan fingerprint density at radius 3 is 2.77 bits per heavy atom. The molecule has 1 aromatic carbocycles. The molecule has 2 aliphatic rings. The van der Waals surface area contributed by atoms with Crippen LogP contribution < -0.4 is 0 Å². The first-order chi connectivity index (χ1) is 15.3. The van der Waals surface area contributed by atoms with Gasteiger partial charge in [-0.25, -0.2) is 4.68 Å². The van der Waals surface area contributed by atoms with Gasteiger partial charge in [-0.15, -0.1) is 10.2 Å². The Morgan fingerprint density at radius 2 is 1.94 bits per heavy atom. The minimum atomic E-state index is 0.0827. The molecule has 2 aliphatic heterocycles. The molecule has 1 fully saturated rings. The number of hydrogen-bond acceptors (Lipinski definition) is 4. The van der Waals surface area contributed by atoms with Crippen LogP contribution in [0.15, 0.2) is 36.5 Å². The lowest BCUT2D eigenvalue weighted by Crippen LogP contribution is -2.40. The zero-order valence-electron chi connectivity index (χ0n) is 18.2. The smallest absolute Gasteiger partial charge is 0.257 e. The van der Waals surface area contributed by atoms with Crippen molar-refractivity contribution in [3.63, 3.8) is 0 Å². The molecule has 0 spiro atoms. The van der Waals surface area contributed by atoms with Crippen LogP contribution in [0, 0.1) is 0 Å². The summed E-state index contributed by atoms with van der Waals surface area (Å²) in [7, 11) is 0. The van der Waals surface area contributed by atoms with Gasteiger partial charge < -0.3 is 9.47 Å². The topological polar surface area (TPSA) is 68.8 Å². The Hall–Kier alpha value is -2.96. The number of hydrogen-bond donors (Lipinski definition) is 0. The normalized spacial score (nSPS) is 19.1. The third-order valence-corrected chi connectivity index (χ3v) is 6.65. The minimum Gasteiger partial charge on any atom is -0.338 e. The molecule has 1 atom stereocenters. The highest BCUT2D eigenvalue weighted by atomic mass is 16.2. The van der Waals surface area contributed by atoms with E-state index in [0.29, 0.717) is 12.1 Å². The molecule has 1 saturated heterocycles. The Labute approximate surface area is 183 Å². The highest BCUT2D eigenvalue weighted by molar-refractivity contribution is 5.95. The van der Waals surface area contributed by atoms with E-state index in [1.54, 1.807) is 6.20 Å². The minimum absolute atomic E-state index is 0.0827. The molecule has 3 aromatic rings. The first-order valence-electron chi connectivity index (χ1n) is 11.6. The molecule has 0 N–H and O–H groups in total. The fourth-order valence-electron chi connectivity index (χ4n) is 5.04. The van der Waals surface area contributed by atoms with Crippen molar-refractivity contribution in [2.75, 3.05) is 13.1 Å². The molecular weight excluding hydrogens is 388 g/mol. The van der Waals surface area contributed by atoms with Crippen LogP contribution in [0.5, 0.6) is 0 Å². The second-order valence-corrected chi connectivity index (χ2v) is 8.63. The van der Waals surface area contributed by atoms with E-state index in [9.17, 15) is 4.79 Å². The van der Waals surface area contributed by atoms with E-state index in [4.69, 9.17) is 0 Å². The molecule has 1 unspecified atom stereocenters. The summed E-state index contributed by atoms with van der Waals surface area (Å²) < 4.78 is 4.23. The number of aryl methyl sites for hydroxylation is 1. The molecular formula is C24H30N6O. The van der Waals surface area contributed by atoms with E-state index in [2.05, 4.69) is 26.8 Å². The predicted molar refractivity (Wildman–Crippen MR) is 118 cm³/mol. The van der Waals surface area contributed by atoms with Gasteiger partial charge in [0.2, 0.25) is 0 Å². The zero-order chi connectivity index (χ0) is 21.2. The number of carbonyl (C=O) groups is 1. The van der Waals surface area contributed by atoms with Gasteiger partial charge in [-0.05, 0) is 44.2 Å². The molecule has 7 heteroatoms. The number of fused-ring (bicyclic) bond motifs is 1. The van der Waals surface area contributed by atoms with Crippen molar-refractivity contribution in [1.82, 2.24) is 29.4 Å². The highest BCUT2D eigenvalue weighted by Gasteiger charge is 2.31. The Balaban J connectivity index is 1.38. The van der Waals surface area contributed by atoms with Gasteiger partial charge in [-0.1, -0.05) is 31.5 Å². The first-order valence-corrected chi connectivity index (χ1v) is 11.6.